The molecule has 3 nitrogen and oxygen atoms in total. The van der Waals surface area contributed by atoms with Gasteiger partial charge in [-0.2, -0.15) is 0 Å². The Hall–Kier alpha value is -0.120. The van der Waals surface area contributed by atoms with Crippen molar-refractivity contribution in [3.05, 3.63) is 0 Å². The summed E-state index contributed by atoms with van der Waals surface area (Å²) >= 11 is 0. The summed E-state index contributed by atoms with van der Waals surface area (Å²) in [5.41, 5.74) is 0.0103. The van der Waals surface area contributed by atoms with Crippen molar-refractivity contribution in [3.8, 4) is 0 Å². The molecule has 14 heavy (non-hydrogen) atoms. The van der Waals surface area contributed by atoms with E-state index in [1.54, 1.807) is 14.0 Å². The molecule has 0 aromatic rings. The number of ether oxygens (including phenoxy) is 2. The van der Waals surface area contributed by atoms with E-state index in [0.717, 1.165) is 6.42 Å². The van der Waals surface area contributed by atoms with E-state index in [1.165, 1.54) is 0 Å². The van der Waals surface area contributed by atoms with Crippen LogP contribution in [-0.2, 0) is 9.47 Å². The Morgan fingerprint density at radius 1 is 1.57 bits per heavy atom. The first-order valence-electron chi connectivity index (χ1n) is 5.33. The lowest BCUT2D eigenvalue weighted by atomic mass is 9.77. The fraction of sp³-hybridized carbons (Fsp3) is 1.00. The van der Waals surface area contributed by atoms with Gasteiger partial charge in [0.25, 0.3) is 0 Å². The molecule has 0 spiro atoms. The third kappa shape index (κ3) is 1.69. The molecule has 1 N–H and O–H groups in total. The summed E-state index contributed by atoms with van der Waals surface area (Å²) in [5, 5.41) is 9.59. The molecule has 0 saturated carbocycles. The van der Waals surface area contributed by atoms with Gasteiger partial charge >= 0.3 is 0 Å². The predicted molar refractivity (Wildman–Crippen MR) is 55.2 cm³/mol. The smallest absolute Gasteiger partial charge is 0.110 e. The quantitative estimate of drug-likeness (QED) is 0.755. The number of methoxy groups -OCH3 is 1. The maximum absolute atomic E-state index is 9.59. The number of hydrogen-bond acceptors (Lipinski definition) is 3. The Balaban J connectivity index is 2.88. The van der Waals surface area contributed by atoms with Crippen LogP contribution in [0, 0.1) is 5.41 Å². The molecular weight excluding hydrogens is 180 g/mol. The minimum absolute atomic E-state index is 0.0103. The van der Waals surface area contributed by atoms with Crippen molar-refractivity contribution >= 4 is 0 Å². The van der Waals surface area contributed by atoms with E-state index in [0.29, 0.717) is 0 Å². The number of rotatable bonds is 3. The Bertz CT molecular complexity index is 193. The molecule has 5 unspecified atom stereocenters. The summed E-state index contributed by atoms with van der Waals surface area (Å²) in [6, 6.07) is 0. The van der Waals surface area contributed by atoms with E-state index in [9.17, 15) is 5.11 Å². The lowest BCUT2D eigenvalue weighted by Gasteiger charge is -2.32. The van der Waals surface area contributed by atoms with E-state index in [-0.39, 0.29) is 23.7 Å². The maximum atomic E-state index is 9.59. The lowest BCUT2D eigenvalue weighted by Crippen LogP contribution is -2.42. The van der Waals surface area contributed by atoms with Crippen LogP contribution < -0.4 is 0 Å². The zero-order valence-corrected chi connectivity index (χ0v) is 9.78. The van der Waals surface area contributed by atoms with Crippen LogP contribution in [0.5, 0.6) is 0 Å². The zero-order valence-electron chi connectivity index (χ0n) is 9.78. The van der Waals surface area contributed by atoms with Crippen LogP contribution in [-0.4, -0.2) is 36.6 Å². The highest BCUT2D eigenvalue weighted by Gasteiger charge is 2.52. The molecule has 1 aliphatic heterocycles. The van der Waals surface area contributed by atoms with Crippen LogP contribution in [0.4, 0.5) is 0 Å². The summed E-state index contributed by atoms with van der Waals surface area (Å²) in [7, 11) is 1.69. The summed E-state index contributed by atoms with van der Waals surface area (Å²) in [4.78, 5) is 0. The number of aliphatic hydroxyl groups excluding tert-OH is 1. The van der Waals surface area contributed by atoms with Gasteiger partial charge in [0.05, 0.1) is 18.3 Å². The Kier molecular flexibility index (Phi) is 3.56. The highest BCUT2D eigenvalue weighted by atomic mass is 16.6. The zero-order chi connectivity index (χ0) is 10.9. The van der Waals surface area contributed by atoms with Crippen molar-refractivity contribution in [2.75, 3.05) is 7.11 Å². The molecule has 1 fully saturated rings. The van der Waals surface area contributed by atoms with Crippen LogP contribution in [0.3, 0.4) is 0 Å². The van der Waals surface area contributed by atoms with Crippen molar-refractivity contribution in [3.63, 3.8) is 0 Å². The van der Waals surface area contributed by atoms with Crippen LogP contribution in [0.2, 0.25) is 0 Å². The molecule has 0 aromatic carbocycles. The Labute approximate surface area is 86.4 Å². The lowest BCUT2D eigenvalue weighted by molar-refractivity contribution is -0.0668. The summed E-state index contributed by atoms with van der Waals surface area (Å²) in [6.07, 6.45) is 0.450. The molecule has 1 saturated heterocycles. The van der Waals surface area contributed by atoms with E-state index in [2.05, 4.69) is 20.8 Å². The largest absolute Gasteiger partial charge is 0.391 e. The molecule has 0 amide bonds. The van der Waals surface area contributed by atoms with Gasteiger partial charge < -0.3 is 14.6 Å². The van der Waals surface area contributed by atoms with Crippen LogP contribution >= 0.6 is 0 Å². The second kappa shape index (κ2) is 4.17. The highest BCUT2D eigenvalue weighted by molar-refractivity contribution is 4.99. The van der Waals surface area contributed by atoms with E-state index < -0.39 is 6.10 Å². The first-order valence-corrected chi connectivity index (χ1v) is 5.33. The second-order valence-electron chi connectivity index (χ2n) is 4.50. The normalized spacial score (nSPS) is 45.4. The Morgan fingerprint density at radius 3 is 2.50 bits per heavy atom. The van der Waals surface area contributed by atoms with Gasteiger partial charge in [0.2, 0.25) is 0 Å². The average molecular weight is 202 g/mol. The Morgan fingerprint density at radius 2 is 2.14 bits per heavy atom. The molecule has 1 aliphatic rings. The summed E-state index contributed by atoms with van der Waals surface area (Å²) in [5.74, 6) is 0. The summed E-state index contributed by atoms with van der Waals surface area (Å²) < 4.78 is 11.2. The minimum Gasteiger partial charge on any atom is -0.391 e. The van der Waals surface area contributed by atoms with Gasteiger partial charge in [0, 0.05) is 12.5 Å². The molecule has 5 atom stereocenters. The predicted octanol–water partition coefficient (Wildman–Crippen LogP) is 1.59. The van der Waals surface area contributed by atoms with Crippen molar-refractivity contribution in [1.82, 2.24) is 0 Å². The number of hydrogen-bond donors (Lipinski definition) is 1. The van der Waals surface area contributed by atoms with Gasteiger partial charge in [-0.05, 0) is 20.3 Å². The van der Waals surface area contributed by atoms with Crippen LogP contribution in [0.15, 0.2) is 0 Å². The topological polar surface area (TPSA) is 38.7 Å². The van der Waals surface area contributed by atoms with E-state index in [1.807, 2.05) is 0 Å². The van der Waals surface area contributed by atoms with Gasteiger partial charge in [-0.1, -0.05) is 13.8 Å². The first kappa shape index (κ1) is 12.0. The molecule has 0 aliphatic carbocycles. The molecule has 0 bridgehead atoms. The third-order valence-corrected chi connectivity index (χ3v) is 3.73. The molecule has 1 rings (SSSR count). The molecule has 3 heteroatoms. The van der Waals surface area contributed by atoms with Crippen molar-refractivity contribution in [2.24, 2.45) is 5.41 Å². The van der Waals surface area contributed by atoms with Crippen molar-refractivity contribution in [1.29, 1.82) is 0 Å². The van der Waals surface area contributed by atoms with Crippen LogP contribution in [0.25, 0.3) is 0 Å². The van der Waals surface area contributed by atoms with Crippen molar-refractivity contribution < 1.29 is 14.6 Å². The van der Waals surface area contributed by atoms with Crippen LogP contribution in [0.1, 0.15) is 34.1 Å². The first-order chi connectivity index (χ1) is 6.47. The number of aliphatic hydroxyl groups is 1. The molecule has 84 valence electrons. The van der Waals surface area contributed by atoms with E-state index in [4.69, 9.17) is 9.47 Å². The minimum atomic E-state index is -0.476. The molecular formula is C11H22O3. The standard InChI is InChI=1S/C11H22O3/c1-6-11(4)8(3)14-9(7(2)12)10(11)13-5/h7-10,12H,6H2,1-5H3. The van der Waals surface area contributed by atoms with Gasteiger partial charge in [-0.3, -0.25) is 0 Å². The average Bonchev–Trinajstić information content (AvgIpc) is 2.40. The maximum Gasteiger partial charge on any atom is 0.110 e. The summed E-state index contributed by atoms with van der Waals surface area (Å²) in [6.45, 7) is 8.10. The fourth-order valence-corrected chi connectivity index (χ4v) is 2.33. The van der Waals surface area contributed by atoms with Gasteiger partial charge in [0.15, 0.2) is 0 Å². The molecule has 0 aromatic heterocycles. The van der Waals surface area contributed by atoms with E-state index >= 15 is 0 Å². The highest BCUT2D eigenvalue weighted by Crippen LogP contribution is 2.43. The van der Waals surface area contributed by atoms with Gasteiger partial charge in [-0.25, -0.2) is 0 Å². The third-order valence-electron chi connectivity index (χ3n) is 3.73. The van der Waals surface area contributed by atoms with Gasteiger partial charge in [0.1, 0.15) is 6.10 Å². The van der Waals surface area contributed by atoms with Crippen molar-refractivity contribution in [2.45, 2.75) is 58.5 Å². The second-order valence-corrected chi connectivity index (χ2v) is 4.50. The fourth-order valence-electron chi connectivity index (χ4n) is 2.33. The molecule has 1 heterocycles. The SMILES string of the molecule is CCC1(C)C(C)OC(C(C)O)C1OC. The monoisotopic (exact) mass is 202 g/mol. The molecule has 0 radical (unpaired) electrons. The van der Waals surface area contributed by atoms with Gasteiger partial charge in [-0.15, -0.1) is 0 Å².